The summed E-state index contributed by atoms with van der Waals surface area (Å²) in [6.07, 6.45) is -3.14. The normalized spacial score (nSPS) is 14.4. The summed E-state index contributed by atoms with van der Waals surface area (Å²) in [6.45, 7) is 1.62. The number of benzene rings is 1. The minimum absolute atomic E-state index is 0.0390. The van der Waals surface area contributed by atoms with Crippen molar-refractivity contribution in [3.8, 4) is 0 Å². The number of hydrogen-bond donors (Lipinski definition) is 4. The molecule has 0 saturated heterocycles. The highest BCUT2D eigenvalue weighted by molar-refractivity contribution is 5.74. The van der Waals surface area contributed by atoms with Gasteiger partial charge in [0.25, 0.3) is 0 Å². The van der Waals surface area contributed by atoms with Crippen LogP contribution in [0.1, 0.15) is 23.7 Å². The zero-order chi connectivity index (χ0) is 13.2. The van der Waals surface area contributed by atoms with E-state index in [-0.39, 0.29) is 11.3 Å². The number of aliphatic hydroxyl groups excluding tert-OH is 2. The summed E-state index contributed by atoms with van der Waals surface area (Å²) in [6, 6.07) is 2.39. The van der Waals surface area contributed by atoms with Crippen molar-refractivity contribution in [1.82, 2.24) is 0 Å². The lowest BCUT2D eigenvalue weighted by molar-refractivity contribution is -0.121. The summed E-state index contributed by atoms with van der Waals surface area (Å²) in [5.74, 6) is -1.43. The van der Waals surface area contributed by atoms with Gasteiger partial charge >= 0.3 is 0 Å². The average Bonchev–Trinajstić information content (AvgIpc) is 2.21. The van der Waals surface area contributed by atoms with Crippen LogP contribution in [0.5, 0.6) is 0 Å². The standard InChI is InChI=1S/C11H15FN2O3/c1-5-2-8(13)7(12)3-6(5)11(17)9(15)4-10(14)16/h2-3,9,11,15,17H,4,13H2,1H3,(H2,14,16). The van der Waals surface area contributed by atoms with E-state index < -0.39 is 30.4 Å². The van der Waals surface area contributed by atoms with Crippen LogP contribution >= 0.6 is 0 Å². The lowest BCUT2D eigenvalue weighted by atomic mass is 9.97. The molecule has 1 amide bonds. The van der Waals surface area contributed by atoms with Crippen LogP contribution in [-0.4, -0.2) is 22.2 Å². The molecule has 5 nitrogen and oxygen atoms in total. The number of anilines is 1. The molecule has 6 N–H and O–H groups in total. The fraction of sp³-hybridized carbons (Fsp3) is 0.364. The Kier molecular flexibility index (Phi) is 4.03. The van der Waals surface area contributed by atoms with E-state index in [0.29, 0.717) is 5.56 Å². The smallest absolute Gasteiger partial charge is 0.220 e. The van der Waals surface area contributed by atoms with Gasteiger partial charge in [-0.1, -0.05) is 0 Å². The lowest BCUT2D eigenvalue weighted by Gasteiger charge is -2.19. The molecule has 94 valence electrons. The monoisotopic (exact) mass is 242 g/mol. The summed E-state index contributed by atoms with van der Waals surface area (Å²) < 4.78 is 13.2. The first-order chi connectivity index (χ1) is 7.82. The molecular weight excluding hydrogens is 227 g/mol. The molecule has 0 spiro atoms. The van der Waals surface area contributed by atoms with Crippen LogP contribution in [0.2, 0.25) is 0 Å². The molecule has 0 heterocycles. The number of aryl methyl sites for hydroxylation is 1. The highest BCUT2D eigenvalue weighted by Crippen LogP contribution is 2.26. The fourth-order valence-corrected chi connectivity index (χ4v) is 1.56. The maximum atomic E-state index is 13.2. The van der Waals surface area contributed by atoms with Gasteiger partial charge in [0, 0.05) is 0 Å². The van der Waals surface area contributed by atoms with Crippen LogP contribution in [0.25, 0.3) is 0 Å². The van der Waals surface area contributed by atoms with Crippen LogP contribution in [-0.2, 0) is 4.79 Å². The number of nitrogen functional groups attached to an aromatic ring is 1. The van der Waals surface area contributed by atoms with E-state index >= 15 is 0 Å². The van der Waals surface area contributed by atoms with Gasteiger partial charge in [0.1, 0.15) is 11.9 Å². The highest BCUT2D eigenvalue weighted by Gasteiger charge is 2.22. The van der Waals surface area contributed by atoms with E-state index in [0.717, 1.165) is 6.07 Å². The Morgan fingerprint density at radius 1 is 1.47 bits per heavy atom. The zero-order valence-corrected chi connectivity index (χ0v) is 9.35. The van der Waals surface area contributed by atoms with Gasteiger partial charge in [-0.25, -0.2) is 4.39 Å². The molecular formula is C11H15FN2O3. The van der Waals surface area contributed by atoms with Crippen molar-refractivity contribution in [2.75, 3.05) is 5.73 Å². The molecule has 1 rings (SSSR count). The number of carbonyl (C=O) groups is 1. The molecule has 0 saturated carbocycles. The average molecular weight is 242 g/mol. The van der Waals surface area contributed by atoms with E-state index in [1.165, 1.54) is 6.07 Å². The Hall–Kier alpha value is -1.66. The van der Waals surface area contributed by atoms with Crippen molar-refractivity contribution in [3.05, 3.63) is 29.1 Å². The quantitative estimate of drug-likeness (QED) is 0.556. The van der Waals surface area contributed by atoms with Gasteiger partial charge in [-0.05, 0) is 30.2 Å². The SMILES string of the molecule is Cc1cc(N)c(F)cc1C(O)C(O)CC(N)=O. The van der Waals surface area contributed by atoms with Crippen LogP contribution in [0.15, 0.2) is 12.1 Å². The Morgan fingerprint density at radius 3 is 2.59 bits per heavy atom. The van der Waals surface area contributed by atoms with Gasteiger partial charge in [0.15, 0.2) is 0 Å². The summed E-state index contributed by atoms with van der Waals surface area (Å²) in [4.78, 5) is 10.6. The van der Waals surface area contributed by atoms with Crippen molar-refractivity contribution >= 4 is 11.6 Å². The van der Waals surface area contributed by atoms with Crippen molar-refractivity contribution in [2.24, 2.45) is 5.73 Å². The number of halogens is 1. The molecule has 6 heteroatoms. The number of rotatable bonds is 4. The van der Waals surface area contributed by atoms with E-state index in [1.807, 2.05) is 0 Å². The Morgan fingerprint density at radius 2 is 2.06 bits per heavy atom. The van der Waals surface area contributed by atoms with Gasteiger partial charge in [0.2, 0.25) is 5.91 Å². The maximum absolute atomic E-state index is 13.2. The predicted molar refractivity (Wildman–Crippen MR) is 60.3 cm³/mol. The van der Waals surface area contributed by atoms with Gasteiger partial charge in [-0.15, -0.1) is 0 Å². The zero-order valence-electron chi connectivity index (χ0n) is 9.35. The number of primary amides is 1. The molecule has 1 aromatic rings. The molecule has 0 aromatic heterocycles. The molecule has 1 aromatic carbocycles. The van der Waals surface area contributed by atoms with E-state index in [4.69, 9.17) is 11.5 Å². The maximum Gasteiger partial charge on any atom is 0.220 e. The Labute approximate surface area is 97.9 Å². The van der Waals surface area contributed by atoms with E-state index in [2.05, 4.69) is 0 Å². The van der Waals surface area contributed by atoms with Crippen molar-refractivity contribution in [1.29, 1.82) is 0 Å². The third-order valence-corrected chi connectivity index (χ3v) is 2.48. The number of aliphatic hydroxyl groups is 2. The first kappa shape index (κ1) is 13.4. The first-order valence-electron chi connectivity index (χ1n) is 5.03. The topological polar surface area (TPSA) is 110 Å². The molecule has 0 radical (unpaired) electrons. The highest BCUT2D eigenvalue weighted by atomic mass is 19.1. The molecule has 0 aliphatic rings. The summed E-state index contributed by atoms with van der Waals surface area (Å²) in [5, 5.41) is 19.3. The second-order valence-corrected chi connectivity index (χ2v) is 3.91. The third-order valence-electron chi connectivity index (χ3n) is 2.48. The number of nitrogens with two attached hydrogens (primary N) is 2. The first-order valence-corrected chi connectivity index (χ1v) is 5.03. The molecule has 0 aliphatic carbocycles. The molecule has 2 atom stereocenters. The van der Waals surface area contributed by atoms with E-state index in [9.17, 15) is 19.4 Å². The Bertz CT molecular complexity index is 437. The third kappa shape index (κ3) is 3.15. The van der Waals surface area contributed by atoms with Crippen molar-refractivity contribution < 1.29 is 19.4 Å². The van der Waals surface area contributed by atoms with Gasteiger partial charge in [-0.2, -0.15) is 0 Å². The second-order valence-electron chi connectivity index (χ2n) is 3.91. The molecule has 0 fully saturated rings. The lowest BCUT2D eigenvalue weighted by Crippen LogP contribution is -2.26. The van der Waals surface area contributed by atoms with Crippen LogP contribution in [0.4, 0.5) is 10.1 Å². The second kappa shape index (κ2) is 5.11. The number of hydrogen-bond acceptors (Lipinski definition) is 4. The van der Waals surface area contributed by atoms with Gasteiger partial charge in [0.05, 0.1) is 18.2 Å². The van der Waals surface area contributed by atoms with Gasteiger partial charge in [-0.3, -0.25) is 4.79 Å². The van der Waals surface area contributed by atoms with Crippen LogP contribution in [0.3, 0.4) is 0 Å². The fourth-order valence-electron chi connectivity index (χ4n) is 1.56. The summed E-state index contributed by atoms with van der Waals surface area (Å²) >= 11 is 0. The number of amides is 1. The van der Waals surface area contributed by atoms with Crippen LogP contribution < -0.4 is 11.5 Å². The molecule has 0 bridgehead atoms. The van der Waals surface area contributed by atoms with Crippen LogP contribution in [0, 0.1) is 12.7 Å². The predicted octanol–water partition coefficient (Wildman–Crippen LogP) is -0.0140. The van der Waals surface area contributed by atoms with Crippen molar-refractivity contribution in [2.45, 2.75) is 25.6 Å². The number of carbonyl (C=O) groups excluding carboxylic acids is 1. The Balaban J connectivity index is 2.99. The van der Waals surface area contributed by atoms with Gasteiger partial charge < -0.3 is 21.7 Å². The largest absolute Gasteiger partial charge is 0.396 e. The molecule has 17 heavy (non-hydrogen) atoms. The summed E-state index contributed by atoms with van der Waals surface area (Å²) in [5.41, 5.74) is 10.9. The minimum atomic E-state index is -1.38. The molecule has 2 unspecified atom stereocenters. The minimum Gasteiger partial charge on any atom is -0.396 e. The molecule has 0 aliphatic heterocycles. The van der Waals surface area contributed by atoms with Crippen molar-refractivity contribution in [3.63, 3.8) is 0 Å². The summed E-state index contributed by atoms with van der Waals surface area (Å²) in [7, 11) is 0. The van der Waals surface area contributed by atoms with E-state index in [1.54, 1.807) is 6.92 Å².